The van der Waals surface area contributed by atoms with Gasteiger partial charge in [0, 0.05) is 18.2 Å². The van der Waals surface area contributed by atoms with Gasteiger partial charge in [0.1, 0.15) is 18.0 Å². The zero-order chi connectivity index (χ0) is 15.4. The van der Waals surface area contributed by atoms with Gasteiger partial charge in [0.25, 0.3) is 0 Å². The van der Waals surface area contributed by atoms with Gasteiger partial charge in [0.2, 0.25) is 0 Å². The molecule has 112 valence electrons. The van der Waals surface area contributed by atoms with Crippen LogP contribution in [0.2, 0.25) is 0 Å². The molecule has 0 aliphatic heterocycles. The summed E-state index contributed by atoms with van der Waals surface area (Å²) in [5, 5.41) is 11.7. The topological polar surface area (TPSA) is 83.8 Å². The minimum Gasteiger partial charge on any atom is -0.384 e. The Morgan fingerprint density at radius 3 is 2.81 bits per heavy atom. The van der Waals surface area contributed by atoms with E-state index in [1.54, 1.807) is 6.33 Å². The summed E-state index contributed by atoms with van der Waals surface area (Å²) in [4.78, 5) is 6.49. The van der Waals surface area contributed by atoms with Gasteiger partial charge in [-0.25, -0.2) is 9.67 Å². The third-order valence-electron chi connectivity index (χ3n) is 3.24. The molecule has 0 aliphatic rings. The van der Waals surface area contributed by atoms with E-state index < -0.39 is 0 Å². The molecule has 2 aromatic rings. The third-order valence-corrected chi connectivity index (χ3v) is 3.24. The molecule has 0 atom stereocenters. The number of amidine groups is 1. The molecule has 3 N–H and O–H groups in total. The van der Waals surface area contributed by atoms with E-state index >= 15 is 0 Å². The number of aromatic nitrogens is 3. The highest BCUT2D eigenvalue weighted by Gasteiger charge is 2.10. The quantitative estimate of drug-likeness (QED) is 0.626. The van der Waals surface area contributed by atoms with Gasteiger partial charge in [0.05, 0.1) is 6.54 Å². The maximum Gasteiger partial charge on any atom is 0.141 e. The van der Waals surface area contributed by atoms with Crippen LogP contribution in [0, 0.1) is 5.41 Å². The van der Waals surface area contributed by atoms with Crippen LogP contribution in [0.4, 0.5) is 0 Å². The molecule has 0 radical (unpaired) electrons. The number of hydrogen-bond donors (Lipinski definition) is 2. The number of nitrogen functional groups attached to an aromatic ring is 1. The van der Waals surface area contributed by atoms with Crippen molar-refractivity contribution in [3.63, 3.8) is 0 Å². The van der Waals surface area contributed by atoms with Crippen molar-refractivity contribution in [3.05, 3.63) is 47.5 Å². The van der Waals surface area contributed by atoms with E-state index in [9.17, 15) is 0 Å². The Kier molecular flexibility index (Phi) is 4.70. The molecule has 0 amide bonds. The lowest BCUT2D eigenvalue weighted by Crippen LogP contribution is -2.21. The van der Waals surface area contributed by atoms with Crippen LogP contribution in [0.5, 0.6) is 0 Å². The fourth-order valence-electron chi connectivity index (χ4n) is 2.26. The highest BCUT2D eigenvalue weighted by atomic mass is 15.4. The van der Waals surface area contributed by atoms with E-state index in [1.165, 1.54) is 0 Å². The van der Waals surface area contributed by atoms with E-state index in [2.05, 4.69) is 28.8 Å². The van der Waals surface area contributed by atoms with Crippen LogP contribution in [0.15, 0.2) is 30.6 Å². The molecule has 0 bridgehead atoms. The minimum absolute atomic E-state index is 0.0963. The van der Waals surface area contributed by atoms with Gasteiger partial charge >= 0.3 is 0 Å². The SMILES string of the molecule is CC(C)n1ncnc1CN(C)Cc1cccc(C(=N)N)c1. The number of nitrogens with one attached hydrogen (secondary N) is 1. The van der Waals surface area contributed by atoms with Crippen LogP contribution in [0.1, 0.15) is 36.8 Å². The Balaban J connectivity index is 2.04. The van der Waals surface area contributed by atoms with Gasteiger partial charge in [-0.05, 0) is 32.5 Å². The van der Waals surface area contributed by atoms with Crippen LogP contribution >= 0.6 is 0 Å². The lowest BCUT2D eigenvalue weighted by atomic mass is 10.1. The molecule has 6 heteroatoms. The van der Waals surface area contributed by atoms with Crippen molar-refractivity contribution in [1.82, 2.24) is 19.7 Å². The Morgan fingerprint density at radius 1 is 1.38 bits per heavy atom. The van der Waals surface area contributed by atoms with Crippen molar-refractivity contribution in [2.45, 2.75) is 33.0 Å². The van der Waals surface area contributed by atoms with E-state index in [4.69, 9.17) is 11.1 Å². The average Bonchev–Trinajstić information content (AvgIpc) is 2.87. The maximum atomic E-state index is 7.49. The van der Waals surface area contributed by atoms with Gasteiger partial charge in [0.15, 0.2) is 0 Å². The second-order valence-electron chi connectivity index (χ2n) is 5.50. The second kappa shape index (κ2) is 6.49. The summed E-state index contributed by atoms with van der Waals surface area (Å²) in [6, 6.07) is 8.07. The molecule has 0 aliphatic carbocycles. The van der Waals surface area contributed by atoms with Crippen molar-refractivity contribution < 1.29 is 0 Å². The first-order chi connectivity index (χ1) is 9.97. The molecule has 0 unspecified atom stereocenters. The predicted molar refractivity (Wildman–Crippen MR) is 83.0 cm³/mol. The number of hydrogen-bond acceptors (Lipinski definition) is 4. The van der Waals surface area contributed by atoms with Crippen molar-refractivity contribution in [3.8, 4) is 0 Å². The summed E-state index contributed by atoms with van der Waals surface area (Å²) in [5.74, 6) is 1.05. The Labute approximate surface area is 125 Å². The van der Waals surface area contributed by atoms with Crippen molar-refractivity contribution in [2.75, 3.05) is 7.05 Å². The van der Waals surface area contributed by atoms with Crippen LogP contribution < -0.4 is 5.73 Å². The second-order valence-corrected chi connectivity index (χ2v) is 5.50. The lowest BCUT2D eigenvalue weighted by Gasteiger charge is -2.18. The van der Waals surface area contributed by atoms with Crippen molar-refractivity contribution >= 4 is 5.84 Å². The minimum atomic E-state index is 0.0963. The first-order valence-corrected chi connectivity index (χ1v) is 6.97. The molecule has 0 saturated carbocycles. The van der Waals surface area contributed by atoms with Crippen molar-refractivity contribution in [1.29, 1.82) is 5.41 Å². The van der Waals surface area contributed by atoms with E-state index in [0.29, 0.717) is 6.04 Å². The average molecular weight is 286 g/mol. The van der Waals surface area contributed by atoms with Gasteiger partial charge in [-0.3, -0.25) is 10.3 Å². The Morgan fingerprint density at radius 2 is 2.14 bits per heavy atom. The van der Waals surface area contributed by atoms with E-state index in [0.717, 1.165) is 30.0 Å². The zero-order valence-corrected chi connectivity index (χ0v) is 12.7. The Hall–Kier alpha value is -2.21. The van der Waals surface area contributed by atoms with Gasteiger partial charge in [-0.2, -0.15) is 5.10 Å². The van der Waals surface area contributed by atoms with Crippen LogP contribution in [-0.2, 0) is 13.1 Å². The highest BCUT2D eigenvalue weighted by Crippen LogP contribution is 2.11. The van der Waals surface area contributed by atoms with Crippen LogP contribution in [0.25, 0.3) is 0 Å². The molecular formula is C15H22N6. The fourth-order valence-corrected chi connectivity index (χ4v) is 2.26. The summed E-state index contributed by atoms with van der Waals surface area (Å²) in [6.07, 6.45) is 1.60. The van der Waals surface area contributed by atoms with E-state index in [-0.39, 0.29) is 5.84 Å². The van der Waals surface area contributed by atoms with Crippen LogP contribution in [0.3, 0.4) is 0 Å². The van der Waals surface area contributed by atoms with Gasteiger partial charge < -0.3 is 5.73 Å². The lowest BCUT2D eigenvalue weighted by molar-refractivity contribution is 0.298. The normalized spacial score (nSPS) is 11.3. The summed E-state index contributed by atoms with van der Waals surface area (Å²) < 4.78 is 1.93. The molecule has 0 spiro atoms. The molecule has 1 aromatic heterocycles. The largest absolute Gasteiger partial charge is 0.384 e. The molecule has 0 saturated heterocycles. The van der Waals surface area contributed by atoms with E-state index in [1.807, 2.05) is 36.0 Å². The number of nitrogens with zero attached hydrogens (tertiary/aromatic N) is 4. The molecule has 6 nitrogen and oxygen atoms in total. The molecular weight excluding hydrogens is 264 g/mol. The Bertz CT molecular complexity index is 616. The third kappa shape index (κ3) is 3.88. The standard InChI is InChI=1S/C15H22N6/c1-11(2)21-14(18-10-19-21)9-20(3)8-12-5-4-6-13(7-12)15(16)17/h4-7,10-11H,8-9H2,1-3H3,(H3,16,17). The van der Waals surface area contributed by atoms with Gasteiger partial charge in [-0.1, -0.05) is 18.2 Å². The highest BCUT2D eigenvalue weighted by molar-refractivity contribution is 5.95. The van der Waals surface area contributed by atoms with Gasteiger partial charge in [-0.15, -0.1) is 0 Å². The maximum absolute atomic E-state index is 7.49. The first kappa shape index (κ1) is 15.2. The zero-order valence-electron chi connectivity index (χ0n) is 12.7. The first-order valence-electron chi connectivity index (χ1n) is 6.97. The smallest absolute Gasteiger partial charge is 0.141 e. The molecule has 0 fully saturated rings. The number of nitrogens with two attached hydrogens (primary N) is 1. The molecule has 1 aromatic carbocycles. The fraction of sp³-hybridized carbons (Fsp3) is 0.400. The number of rotatable bonds is 6. The predicted octanol–water partition coefficient (Wildman–Crippen LogP) is 1.78. The monoisotopic (exact) mass is 286 g/mol. The van der Waals surface area contributed by atoms with Crippen molar-refractivity contribution in [2.24, 2.45) is 5.73 Å². The summed E-state index contributed by atoms with van der Waals surface area (Å²) >= 11 is 0. The summed E-state index contributed by atoms with van der Waals surface area (Å²) in [6.45, 7) is 5.68. The molecule has 21 heavy (non-hydrogen) atoms. The molecule has 2 rings (SSSR count). The van der Waals surface area contributed by atoms with Crippen LogP contribution in [-0.4, -0.2) is 32.5 Å². The summed E-state index contributed by atoms with van der Waals surface area (Å²) in [7, 11) is 2.04. The number of benzene rings is 1. The molecule has 1 heterocycles. The summed E-state index contributed by atoms with van der Waals surface area (Å²) in [5.41, 5.74) is 7.41.